The summed E-state index contributed by atoms with van der Waals surface area (Å²) in [7, 11) is 0. The topological polar surface area (TPSA) is 54.5 Å². The molecule has 0 aliphatic carbocycles. The maximum absolute atomic E-state index is 12.3. The Labute approximate surface area is 126 Å². The van der Waals surface area contributed by atoms with E-state index in [1.54, 1.807) is 6.20 Å². The number of hydrogen-bond acceptors (Lipinski definition) is 4. The molecule has 1 amide bonds. The lowest BCUT2D eigenvalue weighted by Crippen LogP contribution is -2.38. The Morgan fingerprint density at radius 2 is 2.14 bits per heavy atom. The van der Waals surface area contributed by atoms with Gasteiger partial charge in [0.1, 0.15) is 5.82 Å². The number of anilines is 1. The number of nitrogens with one attached hydrogen (secondary N) is 1. The van der Waals surface area contributed by atoms with Crippen molar-refractivity contribution in [2.45, 2.75) is 32.6 Å². The highest BCUT2D eigenvalue weighted by atomic mass is 16.5. The minimum Gasteiger partial charge on any atom is -0.378 e. The first-order chi connectivity index (χ1) is 10.3. The largest absolute Gasteiger partial charge is 0.378 e. The SMILES string of the molecule is CCCCCCNC(=O)c1cccnc1N1CCOCC1. The third kappa shape index (κ3) is 4.70. The summed E-state index contributed by atoms with van der Waals surface area (Å²) in [6.45, 7) is 5.87. The lowest BCUT2D eigenvalue weighted by atomic mass is 10.2. The van der Waals surface area contributed by atoms with Crippen molar-refractivity contribution < 1.29 is 9.53 Å². The Morgan fingerprint density at radius 1 is 1.33 bits per heavy atom. The van der Waals surface area contributed by atoms with Crippen molar-refractivity contribution in [1.82, 2.24) is 10.3 Å². The van der Waals surface area contributed by atoms with E-state index in [9.17, 15) is 4.79 Å². The molecule has 0 radical (unpaired) electrons. The van der Waals surface area contributed by atoms with E-state index in [1.807, 2.05) is 12.1 Å². The summed E-state index contributed by atoms with van der Waals surface area (Å²) in [5.74, 6) is 0.743. The van der Waals surface area contributed by atoms with Crippen molar-refractivity contribution in [3.05, 3.63) is 23.9 Å². The fraction of sp³-hybridized carbons (Fsp3) is 0.625. The summed E-state index contributed by atoms with van der Waals surface area (Å²) in [5, 5.41) is 3.00. The van der Waals surface area contributed by atoms with Gasteiger partial charge in [0.05, 0.1) is 18.8 Å². The summed E-state index contributed by atoms with van der Waals surface area (Å²) in [5.41, 5.74) is 0.662. The minimum atomic E-state index is -0.0268. The molecule has 1 saturated heterocycles. The molecule has 1 fully saturated rings. The number of nitrogens with zero attached hydrogens (tertiary/aromatic N) is 2. The van der Waals surface area contributed by atoms with Gasteiger partial charge in [-0.05, 0) is 18.6 Å². The molecule has 0 unspecified atom stereocenters. The van der Waals surface area contributed by atoms with Crippen molar-refractivity contribution in [2.24, 2.45) is 0 Å². The van der Waals surface area contributed by atoms with Crippen LogP contribution < -0.4 is 10.2 Å². The second-order valence-corrected chi connectivity index (χ2v) is 5.29. The van der Waals surface area contributed by atoms with Gasteiger partial charge in [-0.25, -0.2) is 4.98 Å². The zero-order valence-corrected chi connectivity index (χ0v) is 12.8. The van der Waals surface area contributed by atoms with Crippen molar-refractivity contribution in [1.29, 1.82) is 0 Å². The monoisotopic (exact) mass is 291 g/mol. The van der Waals surface area contributed by atoms with Crippen LogP contribution in [0.25, 0.3) is 0 Å². The first-order valence-electron chi connectivity index (χ1n) is 7.89. The molecule has 0 bridgehead atoms. The molecule has 5 heteroatoms. The number of rotatable bonds is 7. The average Bonchev–Trinajstić information content (AvgIpc) is 2.55. The van der Waals surface area contributed by atoms with E-state index in [2.05, 4.69) is 22.1 Å². The zero-order valence-electron chi connectivity index (χ0n) is 12.8. The number of aromatic nitrogens is 1. The number of carbonyl (C=O) groups excluding carboxylic acids is 1. The Kier molecular flexibility index (Phi) is 6.47. The van der Waals surface area contributed by atoms with Gasteiger partial charge in [0, 0.05) is 25.8 Å². The second-order valence-electron chi connectivity index (χ2n) is 5.29. The highest BCUT2D eigenvalue weighted by Gasteiger charge is 2.19. The fourth-order valence-corrected chi connectivity index (χ4v) is 2.45. The molecule has 0 atom stereocenters. The smallest absolute Gasteiger partial charge is 0.255 e. The van der Waals surface area contributed by atoms with Crippen molar-refractivity contribution >= 4 is 11.7 Å². The van der Waals surface area contributed by atoms with Crippen LogP contribution in [0.3, 0.4) is 0 Å². The lowest BCUT2D eigenvalue weighted by Gasteiger charge is -2.29. The quantitative estimate of drug-likeness (QED) is 0.783. The number of amides is 1. The Bertz CT molecular complexity index is 445. The maximum atomic E-state index is 12.3. The molecule has 0 saturated carbocycles. The van der Waals surface area contributed by atoms with Crippen LogP contribution in [-0.2, 0) is 4.74 Å². The normalized spacial score (nSPS) is 15.0. The average molecular weight is 291 g/mol. The van der Waals surface area contributed by atoms with Gasteiger partial charge in [0.25, 0.3) is 5.91 Å². The highest BCUT2D eigenvalue weighted by molar-refractivity contribution is 5.98. The molecule has 1 aromatic heterocycles. The van der Waals surface area contributed by atoms with Crippen LogP contribution in [0.4, 0.5) is 5.82 Å². The van der Waals surface area contributed by atoms with Crippen LogP contribution in [0.2, 0.25) is 0 Å². The summed E-state index contributed by atoms with van der Waals surface area (Å²) in [6.07, 6.45) is 6.37. The van der Waals surface area contributed by atoms with Gasteiger partial charge in [0.2, 0.25) is 0 Å². The van der Waals surface area contributed by atoms with Crippen LogP contribution >= 0.6 is 0 Å². The van der Waals surface area contributed by atoms with Crippen LogP contribution in [-0.4, -0.2) is 43.7 Å². The molecule has 5 nitrogen and oxygen atoms in total. The van der Waals surface area contributed by atoms with Gasteiger partial charge >= 0.3 is 0 Å². The van der Waals surface area contributed by atoms with E-state index in [0.29, 0.717) is 18.8 Å². The Hall–Kier alpha value is -1.62. The Balaban J connectivity index is 1.93. The van der Waals surface area contributed by atoms with E-state index < -0.39 is 0 Å². The molecule has 1 aliphatic heterocycles. The van der Waals surface area contributed by atoms with Crippen LogP contribution in [0, 0.1) is 0 Å². The van der Waals surface area contributed by atoms with E-state index in [0.717, 1.165) is 31.9 Å². The molecular formula is C16H25N3O2. The summed E-state index contributed by atoms with van der Waals surface area (Å²) < 4.78 is 5.35. The van der Waals surface area contributed by atoms with Gasteiger partial charge in [-0.15, -0.1) is 0 Å². The molecule has 0 spiro atoms. The molecular weight excluding hydrogens is 266 g/mol. The predicted octanol–water partition coefficient (Wildman–Crippen LogP) is 2.23. The summed E-state index contributed by atoms with van der Waals surface area (Å²) in [4.78, 5) is 18.8. The number of unbranched alkanes of at least 4 members (excludes halogenated alkanes) is 3. The van der Waals surface area contributed by atoms with Gasteiger partial charge in [-0.2, -0.15) is 0 Å². The third-order valence-electron chi connectivity index (χ3n) is 3.66. The van der Waals surface area contributed by atoms with Gasteiger partial charge < -0.3 is 15.0 Å². The molecule has 21 heavy (non-hydrogen) atoms. The number of hydrogen-bond donors (Lipinski definition) is 1. The standard InChI is InChI=1S/C16H25N3O2/c1-2-3-4-5-8-18-16(20)14-7-6-9-17-15(14)19-10-12-21-13-11-19/h6-7,9H,2-5,8,10-13H2,1H3,(H,18,20). The summed E-state index contributed by atoms with van der Waals surface area (Å²) >= 11 is 0. The molecule has 0 aromatic carbocycles. The van der Waals surface area contributed by atoms with E-state index in [4.69, 9.17) is 4.74 Å². The molecule has 1 aliphatic rings. The Morgan fingerprint density at radius 3 is 2.90 bits per heavy atom. The van der Waals surface area contributed by atoms with E-state index in [-0.39, 0.29) is 5.91 Å². The summed E-state index contributed by atoms with van der Waals surface area (Å²) in [6, 6.07) is 3.66. The van der Waals surface area contributed by atoms with E-state index >= 15 is 0 Å². The third-order valence-corrected chi connectivity index (χ3v) is 3.66. The molecule has 2 rings (SSSR count). The van der Waals surface area contributed by atoms with Gasteiger partial charge in [0.15, 0.2) is 0 Å². The number of ether oxygens (including phenoxy) is 1. The van der Waals surface area contributed by atoms with Crippen LogP contribution in [0.1, 0.15) is 43.0 Å². The predicted molar refractivity (Wildman–Crippen MR) is 83.7 cm³/mol. The van der Waals surface area contributed by atoms with Crippen molar-refractivity contribution in [3.8, 4) is 0 Å². The highest BCUT2D eigenvalue weighted by Crippen LogP contribution is 2.18. The molecule has 2 heterocycles. The molecule has 1 N–H and O–H groups in total. The fourth-order valence-electron chi connectivity index (χ4n) is 2.45. The zero-order chi connectivity index (χ0) is 14.9. The second kappa shape index (κ2) is 8.62. The van der Waals surface area contributed by atoms with Crippen LogP contribution in [0.15, 0.2) is 18.3 Å². The van der Waals surface area contributed by atoms with Gasteiger partial charge in [-0.1, -0.05) is 26.2 Å². The molecule has 1 aromatic rings. The number of morpholine rings is 1. The van der Waals surface area contributed by atoms with Gasteiger partial charge in [-0.3, -0.25) is 4.79 Å². The van der Waals surface area contributed by atoms with Crippen molar-refractivity contribution in [2.75, 3.05) is 37.7 Å². The lowest BCUT2D eigenvalue weighted by molar-refractivity contribution is 0.0951. The number of carbonyl (C=O) groups is 1. The first kappa shape index (κ1) is 15.8. The number of pyridine rings is 1. The van der Waals surface area contributed by atoms with Crippen molar-refractivity contribution in [3.63, 3.8) is 0 Å². The minimum absolute atomic E-state index is 0.0268. The van der Waals surface area contributed by atoms with Crippen LogP contribution in [0.5, 0.6) is 0 Å². The first-order valence-corrected chi connectivity index (χ1v) is 7.89. The van der Waals surface area contributed by atoms with E-state index in [1.165, 1.54) is 19.3 Å². The molecule has 116 valence electrons. The maximum Gasteiger partial charge on any atom is 0.255 e.